The highest BCUT2D eigenvalue weighted by Gasteiger charge is 2.34. The van der Waals surface area contributed by atoms with Crippen molar-refractivity contribution in [1.82, 2.24) is 15.1 Å². The first-order valence-corrected chi connectivity index (χ1v) is 7.26. The molecule has 0 saturated carbocycles. The predicted molar refractivity (Wildman–Crippen MR) is 77.7 cm³/mol. The van der Waals surface area contributed by atoms with Gasteiger partial charge in [-0.1, -0.05) is 27.7 Å². The van der Waals surface area contributed by atoms with Crippen LogP contribution >= 0.6 is 0 Å². The first-order valence-electron chi connectivity index (χ1n) is 7.26. The number of carbonyl (C=O) groups is 2. The number of urea groups is 1. The maximum Gasteiger partial charge on any atom is 0.326 e. The lowest BCUT2D eigenvalue weighted by atomic mass is 9.87. The molecule has 1 aliphatic heterocycles. The first kappa shape index (κ1) is 16.8. The van der Waals surface area contributed by atoms with Gasteiger partial charge in [0.15, 0.2) is 0 Å². The van der Waals surface area contributed by atoms with Crippen LogP contribution in [0.25, 0.3) is 0 Å². The highest BCUT2D eigenvalue weighted by atomic mass is 16.4. The summed E-state index contributed by atoms with van der Waals surface area (Å²) in [7, 11) is 0. The van der Waals surface area contributed by atoms with Crippen molar-refractivity contribution in [1.29, 1.82) is 0 Å². The Kier molecular flexibility index (Phi) is 5.80. The summed E-state index contributed by atoms with van der Waals surface area (Å²) in [5.41, 5.74) is -0.508. The Hall–Kier alpha value is -1.30. The molecule has 1 atom stereocenters. The summed E-state index contributed by atoms with van der Waals surface area (Å²) in [6, 6.07) is -1.15. The van der Waals surface area contributed by atoms with Crippen molar-refractivity contribution in [3.8, 4) is 0 Å². The first-order chi connectivity index (χ1) is 9.25. The molecule has 2 N–H and O–H groups in total. The molecule has 6 nitrogen and oxygen atoms in total. The van der Waals surface area contributed by atoms with Crippen LogP contribution < -0.4 is 5.32 Å². The van der Waals surface area contributed by atoms with E-state index in [0.29, 0.717) is 13.1 Å². The minimum absolute atomic E-state index is 0.275. The van der Waals surface area contributed by atoms with Crippen molar-refractivity contribution >= 4 is 12.0 Å². The number of hydrogen-bond acceptors (Lipinski definition) is 3. The number of carboxylic acid groups (broad SMARTS) is 1. The number of amides is 2. The van der Waals surface area contributed by atoms with E-state index in [9.17, 15) is 14.7 Å². The molecule has 1 rings (SSSR count). The van der Waals surface area contributed by atoms with Gasteiger partial charge in [0.25, 0.3) is 0 Å². The van der Waals surface area contributed by atoms with Crippen molar-refractivity contribution in [2.24, 2.45) is 5.41 Å². The van der Waals surface area contributed by atoms with Crippen molar-refractivity contribution in [2.75, 3.05) is 32.7 Å². The van der Waals surface area contributed by atoms with Gasteiger partial charge in [-0.05, 0) is 18.4 Å². The van der Waals surface area contributed by atoms with Crippen LogP contribution in [0.3, 0.4) is 0 Å². The van der Waals surface area contributed by atoms with Gasteiger partial charge in [-0.3, -0.25) is 4.90 Å². The number of nitrogens with one attached hydrogen (secondary N) is 1. The summed E-state index contributed by atoms with van der Waals surface area (Å²) in [4.78, 5) is 27.4. The van der Waals surface area contributed by atoms with Gasteiger partial charge < -0.3 is 15.3 Å². The van der Waals surface area contributed by atoms with E-state index in [4.69, 9.17) is 0 Å². The fourth-order valence-electron chi connectivity index (χ4n) is 2.35. The molecule has 116 valence electrons. The second-order valence-corrected chi connectivity index (χ2v) is 6.42. The third-order valence-electron chi connectivity index (χ3n) is 3.58. The number of aliphatic carboxylic acids is 1. The van der Waals surface area contributed by atoms with Gasteiger partial charge in [0.2, 0.25) is 0 Å². The van der Waals surface area contributed by atoms with Gasteiger partial charge in [0, 0.05) is 26.2 Å². The number of piperazine rings is 1. The summed E-state index contributed by atoms with van der Waals surface area (Å²) in [5, 5.41) is 11.9. The number of nitrogens with zero attached hydrogens (tertiary/aromatic N) is 2. The lowest BCUT2D eigenvalue weighted by Crippen LogP contribution is -2.57. The fraction of sp³-hybridized carbons (Fsp3) is 0.857. The monoisotopic (exact) mass is 285 g/mol. The smallest absolute Gasteiger partial charge is 0.326 e. The maximum absolute atomic E-state index is 12.2. The van der Waals surface area contributed by atoms with Gasteiger partial charge in [0.05, 0.1) is 0 Å². The Morgan fingerprint density at radius 3 is 2.15 bits per heavy atom. The van der Waals surface area contributed by atoms with Crippen LogP contribution in [0.4, 0.5) is 4.79 Å². The molecule has 20 heavy (non-hydrogen) atoms. The van der Waals surface area contributed by atoms with E-state index in [-0.39, 0.29) is 6.03 Å². The summed E-state index contributed by atoms with van der Waals surface area (Å²) < 4.78 is 0. The zero-order valence-corrected chi connectivity index (χ0v) is 13.0. The van der Waals surface area contributed by atoms with Crippen molar-refractivity contribution in [3.05, 3.63) is 0 Å². The largest absolute Gasteiger partial charge is 0.480 e. The molecule has 0 spiro atoms. The van der Waals surface area contributed by atoms with Crippen LogP contribution in [0.15, 0.2) is 0 Å². The van der Waals surface area contributed by atoms with Gasteiger partial charge in [-0.2, -0.15) is 0 Å². The molecule has 0 aliphatic carbocycles. The fourth-order valence-corrected chi connectivity index (χ4v) is 2.35. The molecule has 6 heteroatoms. The minimum Gasteiger partial charge on any atom is -0.480 e. The summed E-state index contributed by atoms with van der Waals surface area (Å²) in [6.07, 6.45) is 1.11. The summed E-state index contributed by atoms with van der Waals surface area (Å²) >= 11 is 0. The lowest BCUT2D eigenvalue weighted by Gasteiger charge is -2.36. The predicted octanol–water partition coefficient (Wildman–Crippen LogP) is 1.22. The molecule has 1 fully saturated rings. The van der Waals surface area contributed by atoms with Gasteiger partial charge in [0.1, 0.15) is 6.04 Å². The van der Waals surface area contributed by atoms with Crippen molar-refractivity contribution < 1.29 is 14.7 Å². The quantitative estimate of drug-likeness (QED) is 0.814. The zero-order chi connectivity index (χ0) is 15.3. The van der Waals surface area contributed by atoms with Crippen LogP contribution in [-0.2, 0) is 4.79 Å². The molecule has 0 radical (unpaired) electrons. The molecular formula is C14H27N3O3. The number of rotatable bonds is 4. The van der Waals surface area contributed by atoms with Gasteiger partial charge in [-0.25, -0.2) is 9.59 Å². The molecule has 1 heterocycles. The molecule has 0 aromatic carbocycles. The summed E-state index contributed by atoms with van der Waals surface area (Å²) in [6.45, 7) is 11.6. The molecule has 0 aromatic rings. The lowest BCUT2D eigenvalue weighted by molar-refractivity contribution is -0.142. The number of carboxylic acids is 1. The van der Waals surface area contributed by atoms with E-state index in [0.717, 1.165) is 26.1 Å². The molecular weight excluding hydrogens is 258 g/mol. The standard InChI is InChI=1S/C14H27N3O3/c1-5-6-16-7-9-17(10-8-16)13(20)15-11(12(18)19)14(2,3)4/h11H,5-10H2,1-4H3,(H,15,20)(H,18,19)/t11-/m1/s1. The molecule has 0 unspecified atom stereocenters. The van der Waals surface area contributed by atoms with E-state index in [1.165, 1.54) is 0 Å². The molecule has 0 aromatic heterocycles. The Bertz CT molecular complexity index is 344. The average molecular weight is 285 g/mol. The Morgan fingerprint density at radius 2 is 1.75 bits per heavy atom. The Balaban J connectivity index is 2.53. The summed E-state index contributed by atoms with van der Waals surface area (Å²) in [5.74, 6) is -0.990. The normalized spacial score (nSPS) is 18.7. The third kappa shape index (κ3) is 4.67. The second kappa shape index (κ2) is 6.92. The SMILES string of the molecule is CCCN1CCN(C(=O)N[C@H](C(=O)O)C(C)(C)C)CC1. The molecule has 1 aliphatic rings. The van der Waals surface area contributed by atoms with Crippen molar-refractivity contribution in [2.45, 2.75) is 40.2 Å². The minimum atomic E-state index is -0.990. The van der Waals surface area contributed by atoms with E-state index in [1.54, 1.807) is 4.90 Å². The maximum atomic E-state index is 12.2. The highest BCUT2D eigenvalue weighted by molar-refractivity contribution is 5.83. The van der Waals surface area contributed by atoms with E-state index < -0.39 is 17.4 Å². The third-order valence-corrected chi connectivity index (χ3v) is 3.58. The highest BCUT2D eigenvalue weighted by Crippen LogP contribution is 2.19. The number of carbonyl (C=O) groups excluding carboxylic acids is 1. The average Bonchev–Trinajstić information content (AvgIpc) is 2.35. The van der Waals surface area contributed by atoms with Gasteiger partial charge >= 0.3 is 12.0 Å². The topological polar surface area (TPSA) is 72.9 Å². The molecule has 0 bridgehead atoms. The molecule has 2 amide bonds. The van der Waals surface area contributed by atoms with E-state index in [1.807, 2.05) is 20.8 Å². The van der Waals surface area contributed by atoms with E-state index >= 15 is 0 Å². The Morgan fingerprint density at radius 1 is 1.20 bits per heavy atom. The van der Waals surface area contributed by atoms with Gasteiger partial charge in [-0.15, -0.1) is 0 Å². The Labute approximate surface area is 121 Å². The molecule has 1 saturated heterocycles. The number of hydrogen-bond donors (Lipinski definition) is 2. The second-order valence-electron chi connectivity index (χ2n) is 6.42. The van der Waals surface area contributed by atoms with Crippen LogP contribution in [-0.4, -0.2) is 65.7 Å². The van der Waals surface area contributed by atoms with Crippen LogP contribution in [0.1, 0.15) is 34.1 Å². The van der Waals surface area contributed by atoms with Crippen LogP contribution in [0.2, 0.25) is 0 Å². The zero-order valence-electron chi connectivity index (χ0n) is 13.0. The van der Waals surface area contributed by atoms with E-state index in [2.05, 4.69) is 17.1 Å². The van der Waals surface area contributed by atoms with Crippen LogP contribution in [0.5, 0.6) is 0 Å². The van der Waals surface area contributed by atoms with Crippen LogP contribution in [0, 0.1) is 5.41 Å². The van der Waals surface area contributed by atoms with Crippen molar-refractivity contribution in [3.63, 3.8) is 0 Å².